The molecule has 0 N–H and O–H groups in total. The normalized spacial score (nSPS) is 16.6. The molecule has 1 aliphatic rings. The Morgan fingerprint density at radius 3 is 2.63 bits per heavy atom. The number of aromatic nitrogens is 4. The van der Waals surface area contributed by atoms with E-state index in [0.29, 0.717) is 11.8 Å². The van der Waals surface area contributed by atoms with Crippen LogP contribution in [0.1, 0.15) is 37.3 Å². The summed E-state index contributed by atoms with van der Waals surface area (Å²) in [6, 6.07) is 10.5. The Hall–Kier alpha value is -2.67. The largest absolute Gasteiger partial charge is 0.339 e. The Labute approximate surface area is 181 Å². The van der Waals surface area contributed by atoms with Crippen molar-refractivity contribution in [3.63, 3.8) is 0 Å². The van der Waals surface area contributed by atoms with Gasteiger partial charge in [0.2, 0.25) is 5.91 Å². The van der Waals surface area contributed by atoms with Crippen LogP contribution in [-0.4, -0.2) is 48.9 Å². The van der Waals surface area contributed by atoms with Gasteiger partial charge in [-0.15, -0.1) is 10.2 Å². The highest BCUT2D eigenvalue weighted by atomic mass is 32.2. The zero-order valence-corrected chi connectivity index (χ0v) is 18.5. The van der Waals surface area contributed by atoms with E-state index in [-0.39, 0.29) is 5.91 Å². The molecule has 0 aliphatic carbocycles. The first-order chi connectivity index (χ1) is 14.5. The standard InChI is InChI=1S/C23H27N5OS/c1-16-7-8-20(14-17(16)2)28-22(19-9-11-24-12-10-19)25-26-23(28)30-15-21(29)27-13-5-4-6-18(27)3/h7-12,14,18H,4-6,13,15H2,1-3H3/t18-/m0/s1. The zero-order valence-electron chi connectivity index (χ0n) is 17.7. The molecule has 30 heavy (non-hydrogen) atoms. The fourth-order valence-electron chi connectivity index (χ4n) is 3.83. The van der Waals surface area contributed by atoms with Gasteiger partial charge in [-0.1, -0.05) is 17.8 Å². The molecule has 1 saturated heterocycles. The minimum Gasteiger partial charge on any atom is -0.339 e. The summed E-state index contributed by atoms with van der Waals surface area (Å²) < 4.78 is 2.04. The fourth-order valence-corrected chi connectivity index (χ4v) is 4.66. The van der Waals surface area contributed by atoms with Crippen LogP contribution in [0.25, 0.3) is 17.1 Å². The number of carbonyl (C=O) groups is 1. The minimum absolute atomic E-state index is 0.173. The highest BCUT2D eigenvalue weighted by Gasteiger charge is 2.24. The van der Waals surface area contributed by atoms with Gasteiger partial charge in [0.1, 0.15) is 0 Å². The van der Waals surface area contributed by atoms with Crippen LogP contribution in [-0.2, 0) is 4.79 Å². The van der Waals surface area contributed by atoms with Crippen LogP contribution in [0, 0.1) is 13.8 Å². The quantitative estimate of drug-likeness (QED) is 0.570. The summed E-state index contributed by atoms with van der Waals surface area (Å²) in [5.41, 5.74) is 4.38. The summed E-state index contributed by atoms with van der Waals surface area (Å²) in [5.74, 6) is 1.29. The van der Waals surface area contributed by atoms with Crippen LogP contribution in [0.15, 0.2) is 47.9 Å². The molecule has 0 saturated carbocycles. The second kappa shape index (κ2) is 9.00. The Kier molecular flexibility index (Phi) is 6.18. The third-order valence-corrected chi connectivity index (χ3v) is 6.68. The molecule has 156 valence electrons. The Morgan fingerprint density at radius 1 is 1.10 bits per heavy atom. The summed E-state index contributed by atoms with van der Waals surface area (Å²) in [7, 11) is 0. The highest BCUT2D eigenvalue weighted by Crippen LogP contribution is 2.29. The molecule has 3 aromatic rings. The predicted molar refractivity (Wildman–Crippen MR) is 120 cm³/mol. The average Bonchev–Trinajstić information content (AvgIpc) is 3.19. The van der Waals surface area contributed by atoms with Gasteiger partial charge < -0.3 is 4.90 Å². The van der Waals surface area contributed by atoms with Crippen LogP contribution in [0.2, 0.25) is 0 Å². The third kappa shape index (κ3) is 4.26. The lowest BCUT2D eigenvalue weighted by molar-refractivity contribution is -0.131. The maximum Gasteiger partial charge on any atom is 0.233 e. The van der Waals surface area contributed by atoms with E-state index < -0.39 is 0 Å². The van der Waals surface area contributed by atoms with Crippen molar-refractivity contribution in [3.8, 4) is 17.1 Å². The van der Waals surface area contributed by atoms with Gasteiger partial charge in [0, 0.05) is 30.5 Å². The SMILES string of the molecule is Cc1ccc(-n2c(SCC(=O)N3CCCC[C@@H]3C)nnc2-c2ccncc2)cc1C. The van der Waals surface area contributed by atoms with E-state index in [0.717, 1.165) is 41.6 Å². The summed E-state index contributed by atoms with van der Waals surface area (Å²) in [6.45, 7) is 7.19. The molecule has 6 nitrogen and oxygen atoms in total. The number of likely N-dealkylation sites (tertiary alicyclic amines) is 1. The van der Waals surface area contributed by atoms with E-state index in [9.17, 15) is 4.79 Å². The molecule has 0 spiro atoms. The second-order valence-corrected chi connectivity index (χ2v) is 8.81. The molecule has 4 rings (SSSR count). The van der Waals surface area contributed by atoms with Gasteiger partial charge in [0.25, 0.3) is 0 Å². The van der Waals surface area contributed by atoms with Crippen molar-refractivity contribution in [3.05, 3.63) is 53.9 Å². The summed E-state index contributed by atoms with van der Waals surface area (Å²) in [4.78, 5) is 19.0. The molecule has 7 heteroatoms. The predicted octanol–water partition coefficient (Wildman–Crippen LogP) is 4.44. The number of hydrogen-bond acceptors (Lipinski definition) is 5. The number of hydrogen-bond donors (Lipinski definition) is 0. The number of piperidine rings is 1. The van der Waals surface area contributed by atoms with Gasteiger partial charge in [-0.2, -0.15) is 0 Å². The van der Waals surface area contributed by atoms with Gasteiger partial charge >= 0.3 is 0 Å². The molecule has 1 atom stereocenters. The summed E-state index contributed by atoms with van der Waals surface area (Å²) in [5, 5.41) is 9.63. The molecular weight excluding hydrogens is 394 g/mol. The molecule has 0 unspecified atom stereocenters. The first-order valence-electron chi connectivity index (χ1n) is 10.4. The van der Waals surface area contributed by atoms with Crippen molar-refractivity contribution in [1.29, 1.82) is 0 Å². The molecule has 1 amide bonds. The average molecular weight is 422 g/mol. The van der Waals surface area contributed by atoms with Crippen molar-refractivity contribution >= 4 is 17.7 Å². The van der Waals surface area contributed by atoms with Crippen LogP contribution in [0.5, 0.6) is 0 Å². The van der Waals surface area contributed by atoms with E-state index in [1.165, 1.54) is 29.3 Å². The molecular formula is C23H27N5OS. The number of thioether (sulfide) groups is 1. The van der Waals surface area contributed by atoms with E-state index in [4.69, 9.17) is 0 Å². The number of rotatable bonds is 5. The van der Waals surface area contributed by atoms with Crippen molar-refractivity contribution < 1.29 is 4.79 Å². The first-order valence-corrected chi connectivity index (χ1v) is 11.4. The number of carbonyl (C=O) groups excluding carboxylic acids is 1. The number of benzene rings is 1. The van der Waals surface area contributed by atoms with Crippen LogP contribution in [0.4, 0.5) is 0 Å². The molecule has 1 fully saturated rings. The summed E-state index contributed by atoms with van der Waals surface area (Å²) in [6.07, 6.45) is 6.88. The van der Waals surface area contributed by atoms with E-state index in [1.807, 2.05) is 21.6 Å². The molecule has 1 aromatic carbocycles. The van der Waals surface area contributed by atoms with Gasteiger partial charge in [-0.25, -0.2) is 0 Å². The Morgan fingerprint density at radius 2 is 1.90 bits per heavy atom. The van der Waals surface area contributed by atoms with Gasteiger partial charge in [0.05, 0.1) is 11.4 Å². The van der Waals surface area contributed by atoms with Crippen LogP contribution < -0.4 is 0 Å². The zero-order chi connectivity index (χ0) is 21.1. The number of aryl methyl sites for hydroxylation is 2. The smallest absolute Gasteiger partial charge is 0.233 e. The van der Waals surface area contributed by atoms with Gasteiger partial charge in [0.15, 0.2) is 11.0 Å². The topological polar surface area (TPSA) is 63.9 Å². The van der Waals surface area contributed by atoms with Crippen molar-refractivity contribution in [1.82, 2.24) is 24.6 Å². The monoisotopic (exact) mass is 421 g/mol. The number of pyridine rings is 1. The summed E-state index contributed by atoms with van der Waals surface area (Å²) >= 11 is 1.45. The Balaban J connectivity index is 1.65. The molecule has 2 aromatic heterocycles. The van der Waals surface area contributed by atoms with E-state index >= 15 is 0 Å². The van der Waals surface area contributed by atoms with Gasteiger partial charge in [-0.05, 0) is 75.4 Å². The second-order valence-electron chi connectivity index (χ2n) is 7.87. The lowest BCUT2D eigenvalue weighted by atomic mass is 10.0. The maximum atomic E-state index is 12.8. The Bertz CT molecular complexity index is 1030. The lowest BCUT2D eigenvalue weighted by Crippen LogP contribution is -2.42. The minimum atomic E-state index is 0.173. The van der Waals surface area contributed by atoms with Crippen molar-refractivity contribution in [2.24, 2.45) is 0 Å². The van der Waals surface area contributed by atoms with Crippen LogP contribution in [0.3, 0.4) is 0 Å². The lowest BCUT2D eigenvalue weighted by Gasteiger charge is -2.33. The molecule has 3 heterocycles. The third-order valence-electron chi connectivity index (χ3n) is 5.77. The molecule has 1 aliphatic heterocycles. The van der Waals surface area contributed by atoms with Crippen molar-refractivity contribution in [2.75, 3.05) is 12.3 Å². The fraction of sp³-hybridized carbons (Fsp3) is 0.391. The highest BCUT2D eigenvalue weighted by molar-refractivity contribution is 7.99. The van der Waals surface area contributed by atoms with Gasteiger partial charge in [-0.3, -0.25) is 14.3 Å². The maximum absolute atomic E-state index is 12.8. The van der Waals surface area contributed by atoms with Crippen molar-refractivity contribution in [2.45, 2.75) is 51.2 Å². The first kappa shape index (κ1) is 20.6. The number of nitrogens with zero attached hydrogens (tertiary/aromatic N) is 5. The molecule has 0 bridgehead atoms. The van der Waals surface area contributed by atoms with E-state index in [1.54, 1.807) is 12.4 Å². The van der Waals surface area contributed by atoms with E-state index in [2.05, 4.69) is 54.2 Å². The van der Waals surface area contributed by atoms with Crippen LogP contribution >= 0.6 is 11.8 Å². The number of amides is 1. The molecule has 0 radical (unpaired) electrons.